The predicted octanol–water partition coefficient (Wildman–Crippen LogP) is -1.95. The molecule has 0 heterocycles. The second kappa shape index (κ2) is 7.33. The topological polar surface area (TPSA) is 12.0 Å². The van der Waals surface area contributed by atoms with Gasteiger partial charge in [0.25, 0.3) is 0 Å². The fraction of sp³-hybridized carbons (Fsp3) is 0.600. The van der Waals surface area contributed by atoms with Crippen molar-refractivity contribution < 1.29 is 37.7 Å². The van der Waals surface area contributed by atoms with E-state index >= 15 is 0 Å². The van der Waals surface area contributed by atoms with E-state index in [9.17, 15) is 0 Å². The molecule has 0 aromatic heterocycles. The summed E-state index contributed by atoms with van der Waals surface area (Å²) in [5.74, 6) is 0.502. The third-order valence-electron chi connectivity index (χ3n) is 3.49. The number of rotatable bonds is 2. The van der Waals surface area contributed by atoms with Crippen LogP contribution in [0.3, 0.4) is 0 Å². The maximum Gasteiger partial charge on any atom is 1.00 e. The van der Waals surface area contributed by atoms with E-state index < -0.39 is 0 Å². The van der Waals surface area contributed by atoms with Crippen LogP contribution in [0.2, 0.25) is 0 Å². The Balaban J connectivity index is 0. The average Bonchev–Trinajstić information content (AvgIpc) is 2.28. The normalized spacial score (nSPS) is 19.7. The average molecular weight is 233 g/mol. The van der Waals surface area contributed by atoms with Gasteiger partial charge in [0.1, 0.15) is 0 Å². The van der Waals surface area contributed by atoms with Crippen molar-refractivity contribution in [3.05, 3.63) is 35.3 Å². The van der Waals surface area contributed by atoms with Gasteiger partial charge in [-0.25, -0.2) is 5.57 Å². The van der Waals surface area contributed by atoms with Gasteiger partial charge in [-0.2, -0.15) is 5.57 Å². The Bertz CT molecular complexity index is 348. The first-order chi connectivity index (χ1) is 7.15. The molecular formula is C15H25Li2N. The summed E-state index contributed by atoms with van der Waals surface area (Å²) in [6.45, 7) is 19.6. The molecule has 0 radical (unpaired) electrons. The van der Waals surface area contributed by atoms with E-state index in [2.05, 4.69) is 60.7 Å². The van der Waals surface area contributed by atoms with Gasteiger partial charge in [-0.1, -0.05) is 19.4 Å². The van der Waals surface area contributed by atoms with Crippen molar-refractivity contribution in [1.82, 2.24) is 5.32 Å². The smallest absolute Gasteiger partial charge is 0.397 e. The molecule has 0 amide bonds. The largest absolute Gasteiger partial charge is 1.00 e. The third kappa shape index (κ3) is 4.56. The van der Waals surface area contributed by atoms with Crippen molar-refractivity contribution in [1.29, 1.82) is 0 Å². The molecule has 0 bridgehead atoms. The summed E-state index contributed by atoms with van der Waals surface area (Å²) in [4.78, 5) is 0. The molecule has 1 N–H and O–H groups in total. The van der Waals surface area contributed by atoms with E-state index in [0.29, 0.717) is 5.92 Å². The van der Waals surface area contributed by atoms with Crippen molar-refractivity contribution >= 4 is 0 Å². The van der Waals surface area contributed by atoms with Gasteiger partial charge in [0, 0.05) is 0 Å². The monoisotopic (exact) mass is 233 g/mol. The fourth-order valence-electron chi connectivity index (χ4n) is 2.37. The van der Waals surface area contributed by atoms with Crippen molar-refractivity contribution in [2.45, 2.75) is 54.0 Å². The molecule has 1 nitrogen and oxygen atoms in total. The Hall–Kier alpha value is 0.505. The molecule has 0 fully saturated rings. The second-order valence-corrected chi connectivity index (χ2v) is 5.92. The summed E-state index contributed by atoms with van der Waals surface area (Å²) < 4.78 is 0. The second-order valence-electron chi connectivity index (χ2n) is 5.92. The summed E-state index contributed by atoms with van der Waals surface area (Å²) in [5.41, 5.74) is 5.76. The number of hydrogen-bond acceptors (Lipinski definition) is 1. The van der Waals surface area contributed by atoms with Gasteiger partial charge in [-0.05, 0) is 39.2 Å². The maximum atomic E-state index is 4.20. The van der Waals surface area contributed by atoms with E-state index in [1.807, 2.05) is 0 Å². The van der Waals surface area contributed by atoms with Crippen LogP contribution in [-0.2, 0) is 0 Å². The van der Waals surface area contributed by atoms with E-state index in [1.54, 1.807) is 0 Å². The van der Waals surface area contributed by atoms with Crippen molar-refractivity contribution in [3.63, 3.8) is 0 Å². The zero-order valence-corrected chi connectivity index (χ0v) is 13.8. The van der Waals surface area contributed by atoms with Crippen molar-refractivity contribution in [3.8, 4) is 0 Å². The zero-order valence-electron chi connectivity index (χ0n) is 13.8. The number of hydrogen-bond donors (Lipinski definition) is 1. The molecule has 1 aliphatic rings. The summed E-state index contributed by atoms with van der Waals surface area (Å²) in [6, 6.07) is 1.08. The van der Waals surface area contributed by atoms with Crippen LogP contribution in [-0.4, -0.2) is 5.54 Å². The predicted molar refractivity (Wildman–Crippen MR) is 71.7 cm³/mol. The zero-order chi connectivity index (χ0) is 12.7. The molecule has 1 aliphatic carbocycles. The molecule has 0 aromatic rings. The molecule has 0 spiro atoms. The van der Waals surface area contributed by atoms with Crippen LogP contribution in [0.4, 0.5) is 0 Å². The molecule has 18 heavy (non-hydrogen) atoms. The van der Waals surface area contributed by atoms with Crippen LogP contribution in [0.1, 0.15) is 48.5 Å². The van der Waals surface area contributed by atoms with Crippen LogP contribution < -0.4 is 43.0 Å². The first-order valence-electron chi connectivity index (χ1n) is 6.01. The summed E-state index contributed by atoms with van der Waals surface area (Å²) in [5, 5.41) is 3.48. The van der Waals surface area contributed by atoms with E-state index in [0.717, 1.165) is 6.04 Å². The van der Waals surface area contributed by atoms with Gasteiger partial charge < -0.3 is 18.3 Å². The Morgan fingerprint density at radius 3 is 1.78 bits per heavy atom. The molecule has 0 aliphatic heterocycles. The summed E-state index contributed by atoms with van der Waals surface area (Å²) in [6.07, 6.45) is 0. The molecule has 1 rings (SSSR count). The van der Waals surface area contributed by atoms with Crippen LogP contribution in [0.15, 0.2) is 22.3 Å². The minimum Gasteiger partial charge on any atom is -0.397 e. The molecule has 1 atom stereocenters. The van der Waals surface area contributed by atoms with Gasteiger partial charge in [-0.15, -0.1) is 12.5 Å². The molecule has 3 heteroatoms. The molecule has 92 valence electrons. The van der Waals surface area contributed by atoms with Gasteiger partial charge in [0.05, 0.1) is 0 Å². The third-order valence-corrected chi connectivity index (χ3v) is 3.49. The van der Waals surface area contributed by atoms with Crippen LogP contribution in [0, 0.1) is 18.9 Å². The molecule has 0 saturated heterocycles. The first kappa shape index (κ1) is 20.8. The van der Waals surface area contributed by atoms with Crippen LogP contribution in [0.5, 0.6) is 0 Å². The first-order valence-corrected chi connectivity index (χ1v) is 6.01. The molecule has 0 saturated carbocycles. The Kier molecular flexibility index (Phi) is 8.48. The van der Waals surface area contributed by atoms with Crippen molar-refractivity contribution in [2.75, 3.05) is 0 Å². The molecular weight excluding hydrogens is 208 g/mol. The Labute approximate surface area is 138 Å². The molecule has 1 unspecified atom stereocenters. The van der Waals surface area contributed by atoms with Gasteiger partial charge in [0.2, 0.25) is 0 Å². The Morgan fingerprint density at radius 1 is 1.06 bits per heavy atom. The van der Waals surface area contributed by atoms with E-state index in [1.165, 1.54) is 22.3 Å². The van der Waals surface area contributed by atoms with Gasteiger partial charge >= 0.3 is 37.7 Å². The minimum atomic E-state index is 0. The van der Waals surface area contributed by atoms with Crippen molar-refractivity contribution in [2.24, 2.45) is 5.92 Å². The van der Waals surface area contributed by atoms with Gasteiger partial charge in [-0.3, -0.25) is 0 Å². The van der Waals surface area contributed by atoms with E-state index in [4.69, 9.17) is 0 Å². The van der Waals surface area contributed by atoms with Crippen LogP contribution >= 0.6 is 0 Å². The van der Waals surface area contributed by atoms with E-state index in [-0.39, 0.29) is 43.3 Å². The number of nitrogens with one attached hydrogen (secondary N) is 1. The molecule has 0 aromatic carbocycles. The fourth-order valence-corrected chi connectivity index (χ4v) is 2.37. The summed E-state index contributed by atoms with van der Waals surface area (Å²) in [7, 11) is 0. The van der Waals surface area contributed by atoms with Crippen LogP contribution in [0.25, 0.3) is 0 Å². The minimum absolute atomic E-state index is 0. The SMILES string of the molecule is [CH2-][C-](NC(C)(C)C)C1=C(C)C(C)=C(C)C1C.[Li+].[Li+]. The maximum absolute atomic E-state index is 4.20. The van der Waals surface area contributed by atoms with Gasteiger partial charge in [0.15, 0.2) is 0 Å². The summed E-state index contributed by atoms with van der Waals surface area (Å²) >= 11 is 0. The standard InChI is InChI=1S/C15H25N.2Li/c1-9-10(2)12(4)14(11(9)3)13(5)16-15(6,7)8;;/h11,16H,5H2,1-4,6-8H3;;/q-2;2*+1. The Morgan fingerprint density at radius 2 is 1.50 bits per heavy atom. The quantitative estimate of drug-likeness (QED) is 0.432. The number of allylic oxidation sites excluding steroid dienone is 3.